The predicted octanol–water partition coefficient (Wildman–Crippen LogP) is 4.87. The van der Waals surface area contributed by atoms with E-state index in [-0.39, 0.29) is 0 Å². The first-order chi connectivity index (χ1) is 8.11. The fourth-order valence-electron chi connectivity index (χ4n) is 2.31. The smallest absolute Gasteiger partial charge is 0.112 e. The van der Waals surface area contributed by atoms with Crippen LogP contribution >= 0.6 is 0 Å². The first-order valence-corrected chi connectivity index (χ1v) is 6.77. The summed E-state index contributed by atoms with van der Waals surface area (Å²) in [6.07, 6.45) is 10.6. The zero-order valence-corrected chi connectivity index (χ0v) is 11.4. The third kappa shape index (κ3) is 5.76. The molecule has 0 N–H and O–H groups in total. The average Bonchev–Trinajstić information content (AvgIpc) is 2.34. The summed E-state index contributed by atoms with van der Waals surface area (Å²) in [5.74, 6) is 2.44. The van der Waals surface area contributed by atoms with Crippen LogP contribution in [0.15, 0.2) is 36.6 Å². The Morgan fingerprint density at radius 1 is 1.12 bits per heavy atom. The molecule has 0 heterocycles. The highest BCUT2D eigenvalue weighted by Gasteiger charge is 2.20. The molecular weight excluding hydrogens is 208 g/mol. The van der Waals surface area contributed by atoms with Gasteiger partial charge in [-0.25, -0.2) is 0 Å². The third-order valence-electron chi connectivity index (χ3n) is 3.60. The molecule has 1 saturated carbocycles. The van der Waals surface area contributed by atoms with Gasteiger partial charge in [0.1, 0.15) is 5.76 Å². The molecule has 0 atom stereocenters. The normalized spacial score (nSPS) is 24.8. The number of ether oxygens (including phenoxy) is 1. The molecule has 0 unspecified atom stereocenters. The van der Waals surface area contributed by atoms with Crippen LogP contribution in [0, 0.1) is 11.8 Å². The Kier molecular flexibility index (Phi) is 6.10. The second kappa shape index (κ2) is 7.37. The molecule has 96 valence electrons. The van der Waals surface area contributed by atoms with Crippen molar-refractivity contribution in [2.24, 2.45) is 11.8 Å². The molecule has 1 fully saturated rings. The number of allylic oxidation sites excluding steroid dienone is 3. The lowest BCUT2D eigenvalue weighted by Gasteiger charge is -2.27. The van der Waals surface area contributed by atoms with E-state index in [0.29, 0.717) is 0 Å². The molecule has 1 nitrogen and oxygen atoms in total. The van der Waals surface area contributed by atoms with E-state index in [1.807, 2.05) is 19.1 Å². The number of rotatable bonds is 6. The van der Waals surface area contributed by atoms with Crippen molar-refractivity contribution >= 4 is 0 Å². The first-order valence-electron chi connectivity index (χ1n) is 6.77. The van der Waals surface area contributed by atoms with Gasteiger partial charge in [0.2, 0.25) is 0 Å². The third-order valence-corrected chi connectivity index (χ3v) is 3.60. The van der Waals surface area contributed by atoms with E-state index >= 15 is 0 Å². The van der Waals surface area contributed by atoms with Gasteiger partial charge in [-0.15, -0.1) is 0 Å². The van der Waals surface area contributed by atoms with E-state index in [1.165, 1.54) is 32.1 Å². The van der Waals surface area contributed by atoms with E-state index in [2.05, 4.69) is 20.1 Å². The SMILES string of the molecule is C=C(C)/C=C\C(=C)OCC1CCC(CC)CC1. The molecule has 1 rings (SSSR count). The van der Waals surface area contributed by atoms with Crippen molar-refractivity contribution in [3.8, 4) is 0 Å². The summed E-state index contributed by atoms with van der Waals surface area (Å²) in [5.41, 5.74) is 1.03. The van der Waals surface area contributed by atoms with E-state index in [4.69, 9.17) is 4.74 Å². The van der Waals surface area contributed by atoms with E-state index in [0.717, 1.165) is 29.8 Å². The summed E-state index contributed by atoms with van der Waals surface area (Å²) >= 11 is 0. The summed E-state index contributed by atoms with van der Waals surface area (Å²) in [7, 11) is 0. The van der Waals surface area contributed by atoms with Gasteiger partial charge < -0.3 is 4.74 Å². The molecule has 0 radical (unpaired) electrons. The van der Waals surface area contributed by atoms with Gasteiger partial charge in [-0.05, 0) is 37.7 Å². The van der Waals surface area contributed by atoms with Crippen LogP contribution < -0.4 is 0 Å². The van der Waals surface area contributed by atoms with Crippen molar-refractivity contribution < 1.29 is 4.74 Å². The maximum Gasteiger partial charge on any atom is 0.112 e. The molecule has 0 aromatic heterocycles. The van der Waals surface area contributed by atoms with Gasteiger partial charge in [-0.3, -0.25) is 0 Å². The maximum atomic E-state index is 5.68. The lowest BCUT2D eigenvalue weighted by Crippen LogP contribution is -2.18. The van der Waals surface area contributed by atoms with Crippen molar-refractivity contribution in [3.63, 3.8) is 0 Å². The average molecular weight is 234 g/mol. The van der Waals surface area contributed by atoms with E-state index < -0.39 is 0 Å². The lowest BCUT2D eigenvalue weighted by atomic mass is 9.81. The summed E-state index contributed by atoms with van der Waals surface area (Å²) in [4.78, 5) is 0. The van der Waals surface area contributed by atoms with Crippen molar-refractivity contribution in [3.05, 3.63) is 36.6 Å². The van der Waals surface area contributed by atoms with Gasteiger partial charge in [0.15, 0.2) is 0 Å². The Labute approximate surface area is 106 Å². The zero-order chi connectivity index (χ0) is 12.7. The summed E-state index contributed by atoms with van der Waals surface area (Å²) < 4.78 is 5.68. The quantitative estimate of drug-likeness (QED) is 0.471. The molecule has 0 spiro atoms. The highest BCUT2D eigenvalue weighted by atomic mass is 16.5. The fraction of sp³-hybridized carbons (Fsp3) is 0.625. The van der Waals surface area contributed by atoms with Crippen LogP contribution in [-0.2, 0) is 4.74 Å². The molecule has 0 aromatic rings. The molecular formula is C16H26O. The topological polar surface area (TPSA) is 9.23 Å². The Balaban J connectivity index is 2.19. The Morgan fingerprint density at radius 3 is 2.24 bits per heavy atom. The minimum Gasteiger partial charge on any atom is -0.494 e. The van der Waals surface area contributed by atoms with Crippen LogP contribution in [-0.4, -0.2) is 6.61 Å². The van der Waals surface area contributed by atoms with Gasteiger partial charge in [0.05, 0.1) is 6.61 Å². The van der Waals surface area contributed by atoms with Crippen LogP contribution in [0.4, 0.5) is 0 Å². The molecule has 1 aliphatic rings. The Hall–Kier alpha value is -0.980. The number of hydrogen-bond donors (Lipinski definition) is 0. The minimum atomic E-state index is 0.729. The largest absolute Gasteiger partial charge is 0.494 e. The monoisotopic (exact) mass is 234 g/mol. The van der Waals surface area contributed by atoms with E-state index in [1.54, 1.807) is 0 Å². The molecule has 17 heavy (non-hydrogen) atoms. The van der Waals surface area contributed by atoms with Crippen LogP contribution in [0.25, 0.3) is 0 Å². The van der Waals surface area contributed by atoms with Crippen LogP contribution in [0.2, 0.25) is 0 Å². The summed E-state index contributed by atoms with van der Waals surface area (Å²) in [6, 6.07) is 0. The highest BCUT2D eigenvalue weighted by molar-refractivity contribution is 5.19. The standard InChI is InChI=1S/C16H26O/c1-5-15-8-10-16(11-9-15)12-17-14(4)7-6-13(2)3/h6-7,15-16H,2,4-5,8-12H2,1,3H3/b7-6-. The maximum absolute atomic E-state index is 5.68. The molecule has 0 amide bonds. The van der Waals surface area contributed by atoms with Gasteiger partial charge in [0.25, 0.3) is 0 Å². The molecule has 1 aliphatic carbocycles. The number of hydrogen-bond acceptors (Lipinski definition) is 1. The summed E-state index contributed by atoms with van der Waals surface area (Å²) in [6.45, 7) is 12.8. The van der Waals surface area contributed by atoms with Crippen LogP contribution in [0.3, 0.4) is 0 Å². The predicted molar refractivity (Wildman–Crippen MR) is 74.8 cm³/mol. The van der Waals surface area contributed by atoms with Gasteiger partial charge in [-0.1, -0.05) is 51.0 Å². The molecule has 1 heteroatoms. The molecule has 0 aliphatic heterocycles. The van der Waals surface area contributed by atoms with E-state index in [9.17, 15) is 0 Å². The highest BCUT2D eigenvalue weighted by Crippen LogP contribution is 2.30. The van der Waals surface area contributed by atoms with Gasteiger partial charge in [0, 0.05) is 0 Å². The van der Waals surface area contributed by atoms with Crippen molar-refractivity contribution in [1.82, 2.24) is 0 Å². The Morgan fingerprint density at radius 2 is 1.71 bits per heavy atom. The fourth-order valence-corrected chi connectivity index (χ4v) is 2.31. The van der Waals surface area contributed by atoms with Crippen molar-refractivity contribution in [2.75, 3.05) is 6.61 Å². The lowest BCUT2D eigenvalue weighted by molar-refractivity contribution is 0.135. The van der Waals surface area contributed by atoms with Gasteiger partial charge >= 0.3 is 0 Å². The van der Waals surface area contributed by atoms with Gasteiger partial charge in [-0.2, -0.15) is 0 Å². The Bertz CT molecular complexity index is 280. The van der Waals surface area contributed by atoms with Crippen LogP contribution in [0.1, 0.15) is 46.0 Å². The molecule has 0 aromatic carbocycles. The second-order valence-corrected chi connectivity index (χ2v) is 5.25. The minimum absolute atomic E-state index is 0.729. The van der Waals surface area contributed by atoms with Crippen molar-refractivity contribution in [2.45, 2.75) is 46.0 Å². The molecule has 0 bridgehead atoms. The first kappa shape index (κ1) is 14.1. The zero-order valence-electron chi connectivity index (χ0n) is 11.4. The van der Waals surface area contributed by atoms with Crippen molar-refractivity contribution in [1.29, 1.82) is 0 Å². The second-order valence-electron chi connectivity index (χ2n) is 5.25. The summed E-state index contributed by atoms with van der Waals surface area (Å²) in [5, 5.41) is 0. The van der Waals surface area contributed by atoms with Crippen LogP contribution in [0.5, 0.6) is 0 Å². The molecule has 0 saturated heterocycles.